The van der Waals surface area contributed by atoms with Gasteiger partial charge in [-0.3, -0.25) is 0 Å². The number of methoxy groups -OCH3 is 1. The summed E-state index contributed by atoms with van der Waals surface area (Å²) in [5, 5.41) is 0.0848. The predicted octanol–water partition coefficient (Wildman–Crippen LogP) is 3.63. The van der Waals surface area contributed by atoms with Crippen LogP contribution in [0, 0.1) is 5.82 Å². The molecule has 0 saturated heterocycles. The molecule has 0 amide bonds. The molecule has 0 aliphatic carbocycles. The maximum Gasteiger partial charge on any atom is 0.123 e. The molecule has 0 saturated carbocycles. The lowest BCUT2D eigenvalue weighted by atomic mass is 10.1. The third kappa shape index (κ3) is 3.49. The largest absolute Gasteiger partial charge is 0.496 e. The van der Waals surface area contributed by atoms with E-state index in [9.17, 15) is 4.39 Å². The molecule has 0 fully saturated rings. The van der Waals surface area contributed by atoms with Crippen LogP contribution in [-0.2, 0) is 0 Å². The summed E-state index contributed by atoms with van der Waals surface area (Å²) >= 11 is 1.61. The molecule has 0 radical (unpaired) electrons. The molecule has 19 heavy (non-hydrogen) atoms. The predicted molar refractivity (Wildman–Crippen MR) is 77.0 cm³/mol. The fourth-order valence-electron chi connectivity index (χ4n) is 1.85. The first-order valence-corrected chi connectivity index (χ1v) is 6.87. The van der Waals surface area contributed by atoms with E-state index < -0.39 is 0 Å². The molecule has 2 aromatic rings. The Labute approximate surface area is 116 Å². The quantitative estimate of drug-likeness (QED) is 0.848. The smallest absolute Gasteiger partial charge is 0.123 e. The van der Waals surface area contributed by atoms with Gasteiger partial charge in [0.1, 0.15) is 11.6 Å². The number of hydrogen-bond acceptors (Lipinski definition) is 3. The minimum Gasteiger partial charge on any atom is -0.496 e. The molecular formula is C15H16FNOS. The van der Waals surface area contributed by atoms with Crippen molar-refractivity contribution in [2.45, 2.75) is 10.1 Å². The molecule has 1 atom stereocenters. The van der Waals surface area contributed by atoms with Crippen LogP contribution in [0.25, 0.3) is 0 Å². The van der Waals surface area contributed by atoms with Crippen LogP contribution >= 0.6 is 11.8 Å². The van der Waals surface area contributed by atoms with E-state index in [1.54, 1.807) is 31.0 Å². The number of rotatable bonds is 5. The Morgan fingerprint density at radius 2 is 1.84 bits per heavy atom. The van der Waals surface area contributed by atoms with Gasteiger partial charge in [0.15, 0.2) is 0 Å². The van der Waals surface area contributed by atoms with Crippen molar-refractivity contribution in [3.63, 3.8) is 0 Å². The van der Waals surface area contributed by atoms with E-state index in [4.69, 9.17) is 10.5 Å². The normalized spacial score (nSPS) is 12.2. The van der Waals surface area contributed by atoms with Gasteiger partial charge in [-0.15, -0.1) is 11.8 Å². The van der Waals surface area contributed by atoms with Gasteiger partial charge in [0.25, 0.3) is 0 Å². The first kappa shape index (κ1) is 13.9. The highest BCUT2D eigenvalue weighted by Gasteiger charge is 2.15. The van der Waals surface area contributed by atoms with Crippen molar-refractivity contribution in [2.75, 3.05) is 13.7 Å². The number of benzene rings is 2. The molecule has 2 rings (SSSR count). The van der Waals surface area contributed by atoms with E-state index in [-0.39, 0.29) is 11.1 Å². The first-order valence-electron chi connectivity index (χ1n) is 6.00. The summed E-state index contributed by atoms with van der Waals surface area (Å²) < 4.78 is 18.2. The Kier molecular flexibility index (Phi) is 4.82. The molecule has 4 heteroatoms. The van der Waals surface area contributed by atoms with Gasteiger partial charge in [-0.2, -0.15) is 0 Å². The van der Waals surface area contributed by atoms with Gasteiger partial charge in [-0.25, -0.2) is 4.39 Å². The van der Waals surface area contributed by atoms with Crippen LogP contribution < -0.4 is 10.5 Å². The third-order valence-electron chi connectivity index (χ3n) is 2.79. The molecule has 2 N–H and O–H groups in total. The Bertz CT molecular complexity index is 530. The molecule has 1 unspecified atom stereocenters. The van der Waals surface area contributed by atoms with Crippen LogP contribution in [0.2, 0.25) is 0 Å². The van der Waals surface area contributed by atoms with Crippen LogP contribution in [0.1, 0.15) is 10.8 Å². The topological polar surface area (TPSA) is 35.2 Å². The van der Waals surface area contributed by atoms with E-state index in [0.29, 0.717) is 6.54 Å². The summed E-state index contributed by atoms with van der Waals surface area (Å²) in [6.07, 6.45) is 0. The van der Waals surface area contributed by atoms with Crippen molar-refractivity contribution in [3.8, 4) is 5.75 Å². The van der Waals surface area contributed by atoms with Crippen molar-refractivity contribution in [1.29, 1.82) is 0 Å². The lowest BCUT2D eigenvalue weighted by Crippen LogP contribution is -2.10. The lowest BCUT2D eigenvalue weighted by molar-refractivity contribution is 0.409. The van der Waals surface area contributed by atoms with Gasteiger partial charge in [0, 0.05) is 17.0 Å². The van der Waals surface area contributed by atoms with Crippen molar-refractivity contribution < 1.29 is 9.13 Å². The summed E-state index contributed by atoms with van der Waals surface area (Å²) in [6, 6.07) is 14.3. The highest BCUT2D eigenvalue weighted by molar-refractivity contribution is 7.99. The lowest BCUT2D eigenvalue weighted by Gasteiger charge is -2.17. The minimum absolute atomic E-state index is 0.0848. The number of thioether (sulfide) groups is 1. The van der Waals surface area contributed by atoms with Crippen LogP contribution in [0.5, 0.6) is 5.75 Å². The molecular weight excluding hydrogens is 261 g/mol. The molecule has 100 valence electrons. The Balaban J connectivity index is 2.22. The highest BCUT2D eigenvalue weighted by atomic mass is 32.2. The molecule has 0 spiro atoms. The third-order valence-corrected chi connectivity index (χ3v) is 4.07. The summed E-state index contributed by atoms with van der Waals surface area (Å²) in [7, 11) is 1.65. The number of hydrogen-bond donors (Lipinski definition) is 1. The summed E-state index contributed by atoms with van der Waals surface area (Å²) in [4.78, 5) is 0.989. The SMILES string of the molecule is COc1ccccc1C(CN)Sc1ccc(F)cc1. The second-order valence-corrected chi connectivity index (χ2v) is 5.31. The first-order chi connectivity index (χ1) is 9.24. The summed E-state index contributed by atoms with van der Waals surface area (Å²) in [5.41, 5.74) is 6.91. The maximum absolute atomic E-state index is 12.9. The zero-order valence-corrected chi connectivity index (χ0v) is 11.5. The molecule has 2 aromatic carbocycles. The molecule has 0 aliphatic rings. The fraction of sp³-hybridized carbons (Fsp3) is 0.200. The van der Waals surface area contributed by atoms with Gasteiger partial charge in [-0.1, -0.05) is 18.2 Å². The Morgan fingerprint density at radius 3 is 2.47 bits per heavy atom. The average Bonchev–Trinajstić information content (AvgIpc) is 2.46. The number of nitrogens with two attached hydrogens (primary N) is 1. The molecule has 0 bridgehead atoms. The molecule has 0 aromatic heterocycles. The van der Waals surface area contributed by atoms with E-state index in [1.165, 1.54) is 12.1 Å². The molecule has 0 heterocycles. The Morgan fingerprint density at radius 1 is 1.16 bits per heavy atom. The zero-order chi connectivity index (χ0) is 13.7. The zero-order valence-electron chi connectivity index (χ0n) is 10.7. The van der Waals surface area contributed by atoms with Gasteiger partial charge < -0.3 is 10.5 Å². The van der Waals surface area contributed by atoms with Crippen LogP contribution in [0.3, 0.4) is 0 Å². The van der Waals surface area contributed by atoms with Crippen LogP contribution in [0.4, 0.5) is 4.39 Å². The van der Waals surface area contributed by atoms with Gasteiger partial charge in [0.05, 0.1) is 12.4 Å². The fourth-order valence-corrected chi connectivity index (χ4v) is 2.89. The maximum atomic E-state index is 12.9. The Hall–Kier alpha value is -1.52. The van der Waals surface area contributed by atoms with Crippen molar-refractivity contribution in [3.05, 3.63) is 59.9 Å². The highest BCUT2D eigenvalue weighted by Crippen LogP contribution is 2.38. The van der Waals surface area contributed by atoms with Crippen LogP contribution in [0.15, 0.2) is 53.4 Å². The van der Waals surface area contributed by atoms with Gasteiger partial charge in [0.2, 0.25) is 0 Å². The minimum atomic E-state index is -0.231. The number of ether oxygens (including phenoxy) is 1. The van der Waals surface area contributed by atoms with Crippen molar-refractivity contribution >= 4 is 11.8 Å². The van der Waals surface area contributed by atoms with E-state index in [0.717, 1.165) is 16.2 Å². The molecule has 2 nitrogen and oxygen atoms in total. The summed E-state index contributed by atoms with van der Waals surface area (Å²) in [5.74, 6) is 0.596. The summed E-state index contributed by atoms with van der Waals surface area (Å²) in [6.45, 7) is 0.489. The average molecular weight is 277 g/mol. The molecule has 0 aliphatic heterocycles. The van der Waals surface area contributed by atoms with Crippen molar-refractivity contribution in [1.82, 2.24) is 0 Å². The standard InChI is InChI=1S/C15H16FNOS/c1-18-14-5-3-2-4-13(14)15(10-17)19-12-8-6-11(16)7-9-12/h2-9,15H,10,17H2,1H3. The van der Waals surface area contributed by atoms with Crippen molar-refractivity contribution in [2.24, 2.45) is 5.73 Å². The van der Waals surface area contributed by atoms with E-state index in [2.05, 4.69) is 0 Å². The number of halogens is 1. The second kappa shape index (κ2) is 6.59. The van der Waals surface area contributed by atoms with E-state index in [1.807, 2.05) is 24.3 Å². The second-order valence-electron chi connectivity index (χ2n) is 4.04. The van der Waals surface area contributed by atoms with Gasteiger partial charge >= 0.3 is 0 Å². The van der Waals surface area contributed by atoms with E-state index >= 15 is 0 Å². The number of para-hydroxylation sites is 1. The van der Waals surface area contributed by atoms with Gasteiger partial charge in [-0.05, 0) is 30.3 Å². The van der Waals surface area contributed by atoms with Crippen LogP contribution in [-0.4, -0.2) is 13.7 Å². The monoisotopic (exact) mass is 277 g/mol.